The van der Waals surface area contributed by atoms with E-state index in [1.807, 2.05) is 59.0 Å². The minimum Gasteiger partial charge on any atom is -0.335 e. The molecule has 0 radical (unpaired) electrons. The monoisotopic (exact) mass is 344 g/mol. The maximum absolute atomic E-state index is 4.80. The molecule has 4 heterocycles. The second-order valence-electron chi connectivity index (χ2n) is 6.01. The predicted octanol–water partition coefficient (Wildman–Crippen LogP) is 3.23. The molecule has 0 bridgehead atoms. The fourth-order valence-corrected chi connectivity index (χ4v) is 2.99. The molecule has 0 saturated heterocycles. The molecular formula is C18H16N8. The average molecular weight is 344 g/mol. The molecule has 0 unspecified atom stereocenters. The van der Waals surface area contributed by atoms with Crippen LogP contribution in [0.1, 0.15) is 6.92 Å². The Kier molecular flexibility index (Phi) is 3.21. The molecule has 0 aliphatic rings. The number of rotatable bonds is 4. The first-order valence-electron chi connectivity index (χ1n) is 8.37. The first-order chi connectivity index (χ1) is 12.8. The number of nitrogens with zero attached hydrogens (tertiary/aromatic N) is 6. The number of benzene rings is 1. The van der Waals surface area contributed by atoms with Gasteiger partial charge < -0.3 is 9.72 Å². The van der Waals surface area contributed by atoms with Crippen LogP contribution in [0.15, 0.2) is 55.4 Å². The van der Waals surface area contributed by atoms with Crippen LogP contribution in [-0.2, 0) is 6.54 Å². The summed E-state index contributed by atoms with van der Waals surface area (Å²) < 4.78 is 3.83. The van der Waals surface area contributed by atoms with Crippen molar-refractivity contribution in [1.29, 1.82) is 0 Å². The van der Waals surface area contributed by atoms with Crippen molar-refractivity contribution in [2.75, 3.05) is 5.32 Å². The molecule has 0 spiro atoms. The highest BCUT2D eigenvalue weighted by Gasteiger charge is 2.11. The van der Waals surface area contributed by atoms with E-state index in [0.717, 1.165) is 40.0 Å². The van der Waals surface area contributed by atoms with E-state index in [2.05, 4.69) is 25.6 Å². The molecule has 0 amide bonds. The van der Waals surface area contributed by atoms with Crippen molar-refractivity contribution in [3.05, 3.63) is 55.4 Å². The summed E-state index contributed by atoms with van der Waals surface area (Å²) in [5, 5.41) is 15.8. The highest BCUT2D eigenvalue weighted by atomic mass is 15.3. The van der Waals surface area contributed by atoms with Crippen LogP contribution in [0.25, 0.3) is 27.8 Å². The van der Waals surface area contributed by atoms with E-state index in [-0.39, 0.29) is 0 Å². The van der Waals surface area contributed by atoms with Crippen molar-refractivity contribution >= 4 is 28.1 Å². The van der Waals surface area contributed by atoms with Gasteiger partial charge in [-0.05, 0) is 13.0 Å². The number of H-pyrrole nitrogens is 1. The van der Waals surface area contributed by atoms with Crippen LogP contribution >= 0.6 is 0 Å². The van der Waals surface area contributed by atoms with E-state index in [1.165, 1.54) is 0 Å². The van der Waals surface area contributed by atoms with Crippen LogP contribution in [0.5, 0.6) is 0 Å². The van der Waals surface area contributed by atoms with Crippen LogP contribution < -0.4 is 5.32 Å². The fraction of sp³-hybridized carbons (Fsp3) is 0.111. The van der Waals surface area contributed by atoms with Gasteiger partial charge in [0.25, 0.3) is 0 Å². The molecule has 128 valence electrons. The maximum Gasteiger partial charge on any atom is 0.180 e. The molecule has 5 rings (SSSR count). The van der Waals surface area contributed by atoms with Crippen LogP contribution in [-0.4, -0.2) is 34.3 Å². The molecule has 1 aromatic carbocycles. The number of hydrogen-bond donors (Lipinski definition) is 2. The van der Waals surface area contributed by atoms with Gasteiger partial charge >= 0.3 is 0 Å². The van der Waals surface area contributed by atoms with Crippen molar-refractivity contribution < 1.29 is 0 Å². The minimum atomic E-state index is 0.688. The molecule has 2 N–H and O–H groups in total. The number of nitrogens with one attached hydrogen (secondary N) is 2. The largest absolute Gasteiger partial charge is 0.335 e. The van der Waals surface area contributed by atoms with E-state index in [1.54, 1.807) is 12.4 Å². The molecule has 0 atom stereocenters. The van der Waals surface area contributed by atoms with Gasteiger partial charge in [0, 0.05) is 42.3 Å². The Morgan fingerprint density at radius 1 is 1.19 bits per heavy atom. The second kappa shape index (κ2) is 5.69. The summed E-state index contributed by atoms with van der Waals surface area (Å²) in [5.41, 5.74) is 4.47. The number of aromatic amines is 1. The number of fused-ring (bicyclic) bond motifs is 2. The molecule has 5 aromatic rings. The van der Waals surface area contributed by atoms with Gasteiger partial charge in [-0.2, -0.15) is 10.2 Å². The van der Waals surface area contributed by atoms with Gasteiger partial charge in [-0.15, -0.1) is 0 Å². The fourth-order valence-electron chi connectivity index (χ4n) is 2.99. The Bertz CT molecular complexity index is 1210. The molecule has 8 heteroatoms. The summed E-state index contributed by atoms with van der Waals surface area (Å²) in [6, 6.07) is 6.13. The van der Waals surface area contributed by atoms with Crippen molar-refractivity contribution in [3.8, 4) is 11.3 Å². The molecule has 8 nitrogen and oxygen atoms in total. The van der Waals surface area contributed by atoms with Gasteiger partial charge in [0.05, 0.1) is 29.3 Å². The number of aromatic nitrogens is 7. The summed E-state index contributed by atoms with van der Waals surface area (Å²) in [7, 11) is 0. The van der Waals surface area contributed by atoms with Gasteiger partial charge in [0.1, 0.15) is 0 Å². The van der Waals surface area contributed by atoms with Crippen molar-refractivity contribution in [2.45, 2.75) is 13.5 Å². The van der Waals surface area contributed by atoms with E-state index in [0.29, 0.717) is 5.82 Å². The Morgan fingerprint density at radius 2 is 2.15 bits per heavy atom. The SMILES string of the molecule is CCn1cc(Nc2nc(-c3ccc4cn[nH]c4c3)cn3ccnc23)cn1. The molecule has 0 aliphatic heterocycles. The zero-order valence-electron chi connectivity index (χ0n) is 14.1. The third-order valence-corrected chi connectivity index (χ3v) is 4.33. The standard InChI is InChI=1S/C18H16N8/c1-2-26-10-14(9-21-26)22-17-18-19-5-6-25(18)11-16(23-17)12-3-4-13-8-20-24-15(13)7-12/h3-11H,2H2,1H3,(H,20,24)(H,22,23). The lowest BCUT2D eigenvalue weighted by Gasteiger charge is -2.09. The predicted molar refractivity (Wildman–Crippen MR) is 99.3 cm³/mol. The number of aryl methyl sites for hydroxylation is 1. The first-order valence-corrected chi connectivity index (χ1v) is 8.37. The third-order valence-electron chi connectivity index (χ3n) is 4.33. The first kappa shape index (κ1) is 14.6. The quantitative estimate of drug-likeness (QED) is 0.522. The van der Waals surface area contributed by atoms with Gasteiger partial charge in [-0.1, -0.05) is 12.1 Å². The van der Waals surface area contributed by atoms with Crippen LogP contribution in [0.3, 0.4) is 0 Å². The third kappa shape index (κ3) is 2.39. The molecule has 26 heavy (non-hydrogen) atoms. The van der Waals surface area contributed by atoms with Crippen molar-refractivity contribution in [1.82, 2.24) is 34.3 Å². The summed E-state index contributed by atoms with van der Waals surface area (Å²) in [5.74, 6) is 0.688. The van der Waals surface area contributed by atoms with E-state index >= 15 is 0 Å². The average Bonchev–Trinajstić information content (AvgIpc) is 3.40. The summed E-state index contributed by atoms with van der Waals surface area (Å²) in [6.45, 7) is 2.87. The van der Waals surface area contributed by atoms with Crippen LogP contribution in [0, 0.1) is 0 Å². The highest BCUT2D eigenvalue weighted by Crippen LogP contribution is 2.26. The summed E-state index contributed by atoms with van der Waals surface area (Å²) in [6.07, 6.45) is 11.2. The summed E-state index contributed by atoms with van der Waals surface area (Å²) >= 11 is 0. The topological polar surface area (TPSA) is 88.7 Å². The van der Waals surface area contributed by atoms with Gasteiger partial charge in [-0.25, -0.2) is 9.97 Å². The smallest absolute Gasteiger partial charge is 0.180 e. The Balaban J connectivity index is 1.62. The maximum atomic E-state index is 4.80. The van der Waals surface area contributed by atoms with E-state index < -0.39 is 0 Å². The molecule has 0 aliphatic carbocycles. The lowest BCUT2D eigenvalue weighted by Crippen LogP contribution is -2.00. The zero-order chi connectivity index (χ0) is 17.5. The number of imidazole rings is 1. The van der Waals surface area contributed by atoms with Crippen LogP contribution in [0.4, 0.5) is 11.5 Å². The zero-order valence-corrected chi connectivity index (χ0v) is 14.1. The van der Waals surface area contributed by atoms with E-state index in [4.69, 9.17) is 4.98 Å². The molecule has 0 fully saturated rings. The van der Waals surface area contributed by atoms with Gasteiger partial charge in [0.2, 0.25) is 0 Å². The number of anilines is 2. The minimum absolute atomic E-state index is 0.688. The lowest BCUT2D eigenvalue weighted by molar-refractivity contribution is 0.660. The normalized spacial score (nSPS) is 11.4. The molecular weight excluding hydrogens is 328 g/mol. The lowest BCUT2D eigenvalue weighted by atomic mass is 10.1. The highest BCUT2D eigenvalue weighted by molar-refractivity contribution is 5.83. The second-order valence-corrected chi connectivity index (χ2v) is 6.01. The van der Waals surface area contributed by atoms with Crippen molar-refractivity contribution in [2.24, 2.45) is 0 Å². The Hall–Kier alpha value is -3.68. The molecule has 4 aromatic heterocycles. The van der Waals surface area contributed by atoms with Crippen molar-refractivity contribution in [3.63, 3.8) is 0 Å². The Morgan fingerprint density at radius 3 is 3.04 bits per heavy atom. The van der Waals surface area contributed by atoms with Gasteiger partial charge in [-0.3, -0.25) is 9.78 Å². The van der Waals surface area contributed by atoms with E-state index in [9.17, 15) is 0 Å². The summed E-state index contributed by atoms with van der Waals surface area (Å²) in [4.78, 5) is 9.21. The van der Waals surface area contributed by atoms with Gasteiger partial charge in [0.15, 0.2) is 11.5 Å². The molecule has 0 saturated carbocycles. The Labute approximate surface area is 148 Å². The number of hydrogen-bond acceptors (Lipinski definition) is 5. The van der Waals surface area contributed by atoms with Crippen LogP contribution in [0.2, 0.25) is 0 Å².